The lowest BCUT2D eigenvalue weighted by atomic mass is 10.0. The van der Waals surface area contributed by atoms with Crippen molar-refractivity contribution in [1.82, 2.24) is 4.90 Å². The maximum absolute atomic E-state index is 12.2. The van der Waals surface area contributed by atoms with Crippen molar-refractivity contribution >= 4 is 17.7 Å². The van der Waals surface area contributed by atoms with Gasteiger partial charge in [-0.2, -0.15) is 11.8 Å². The molecule has 4 nitrogen and oxygen atoms in total. The van der Waals surface area contributed by atoms with Gasteiger partial charge in [0.15, 0.2) is 11.5 Å². The average molecular weight is 293 g/mol. The van der Waals surface area contributed by atoms with Gasteiger partial charge in [0.1, 0.15) is 13.2 Å². The van der Waals surface area contributed by atoms with Crippen molar-refractivity contribution in [2.75, 3.05) is 31.8 Å². The third-order valence-corrected chi connectivity index (χ3v) is 4.33. The van der Waals surface area contributed by atoms with E-state index in [1.54, 1.807) is 11.8 Å². The van der Waals surface area contributed by atoms with Crippen LogP contribution in [0.4, 0.5) is 0 Å². The molecule has 108 valence electrons. The number of hydrogen-bond donors (Lipinski definition) is 0. The van der Waals surface area contributed by atoms with Crippen LogP contribution in [0.15, 0.2) is 18.2 Å². The van der Waals surface area contributed by atoms with Gasteiger partial charge in [-0.05, 0) is 36.8 Å². The quantitative estimate of drug-likeness (QED) is 0.858. The lowest BCUT2D eigenvalue weighted by molar-refractivity contribution is -0.129. The van der Waals surface area contributed by atoms with Gasteiger partial charge in [0.25, 0.3) is 0 Å². The number of ether oxygens (including phenoxy) is 2. The number of benzene rings is 1. The molecule has 3 rings (SSSR count). The first kappa shape index (κ1) is 13.6. The second kappa shape index (κ2) is 5.95. The van der Waals surface area contributed by atoms with Crippen LogP contribution in [0.2, 0.25) is 0 Å². The van der Waals surface area contributed by atoms with Gasteiger partial charge < -0.3 is 14.4 Å². The molecule has 1 fully saturated rings. The Morgan fingerprint density at radius 3 is 2.95 bits per heavy atom. The standard InChI is InChI=1S/C15H19NO3S/c1-20-10-15(17)16-6-2-3-12(16)11-4-5-13-14(9-11)19-8-7-18-13/h4-5,9,12H,2-3,6-8,10H2,1H3. The van der Waals surface area contributed by atoms with Gasteiger partial charge in [-0.25, -0.2) is 0 Å². The molecule has 1 amide bonds. The largest absolute Gasteiger partial charge is 0.486 e. The van der Waals surface area contributed by atoms with Crippen LogP contribution in [0.1, 0.15) is 24.4 Å². The van der Waals surface area contributed by atoms with Gasteiger partial charge >= 0.3 is 0 Å². The Balaban J connectivity index is 1.82. The van der Waals surface area contributed by atoms with Crippen LogP contribution < -0.4 is 9.47 Å². The molecule has 1 unspecified atom stereocenters. The molecule has 2 aliphatic rings. The summed E-state index contributed by atoms with van der Waals surface area (Å²) in [6, 6.07) is 6.23. The minimum atomic E-state index is 0.186. The van der Waals surface area contributed by atoms with E-state index in [4.69, 9.17) is 9.47 Å². The Kier molecular flexibility index (Phi) is 4.05. The minimum Gasteiger partial charge on any atom is -0.486 e. The van der Waals surface area contributed by atoms with Crippen molar-refractivity contribution in [2.24, 2.45) is 0 Å². The number of hydrogen-bond acceptors (Lipinski definition) is 4. The van der Waals surface area contributed by atoms with Crippen LogP contribution in [-0.4, -0.2) is 42.6 Å². The van der Waals surface area contributed by atoms with Crippen molar-refractivity contribution < 1.29 is 14.3 Å². The molecule has 0 aliphatic carbocycles. The van der Waals surface area contributed by atoms with E-state index in [1.165, 1.54) is 0 Å². The van der Waals surface area contributed by atoms with Crippen LogP contribution in [0.5, 0.6) is 11.5 Å². The van der Waals surface area contributed by atoms with Gasteiger partial charge in [0.05, 0.1) is 11.8 Å². The maximum atomic E-state index is 12.2. The molecule has 1 atom stereocenters. The molecule has 0 saturated carbocycles. The summed E-state index contributed by atoms with van der Waals surface area (Å²) in [7, 11) is 0. The molecule has 5 heteroatoms. The summed E-state index contributed by atoms with van der Waals surface area (Å²) in [6.07, 6.45) is 4.06. The van der Waals surface area contributed by atoms with Crippen LogP contribution >= 0.6 is 11.8 Å². The summed E-state index contributed by atoms with van der Waals surface area (Å²) < 4.78 is 11.2. The fraction of sp³-hybridized carbons (Fsp3) is 0.533. The highest BCUT2D eigenvalue weighted by molar-refractivity contribution is 7.99. The van der Waals surface area contributed by atoms with Crippen molar-refractivity contribution in [3.05, 3.63) is 23.8 Å². The second-order valence-electron chi connectivity index (χ2n) is 5.08. The molecular formula is C15H19NO3S. The Morgan fingerprint density at radius 2 is 2.15 bits per heavy atom. The molecule has 1 saturated heterocycles. The molecule has 2 heterocycles. The maximum Gasteiger partial charge on any atom is 0.233 e. The Hall–Kier alpha value is -1.36. The average Bonchev–Trinajstić information content (AvgIpc) is 2.96. The van der Waals surface area contributed by atoms with Gasteiger partial charge in [-0.3, -0.25) is 4.79 Å². The Bertz CT molecular complexity index is 506. The van der Waals surface area contributed by atoms with E-state index in [9.17, 15) is 4.79 Å². The minimum absolute atomic E-state index is 0.186. The summed E-state index contributed by atoms with van der Waals surface area (Å²) in [5.41, 5.74) is 1.15. The van der Waals surface area contributed by atoms with Gasteiger partial charge in [-0.15, -0.1) is 0 Å². The first-order chi connectivity index (χ1) is 9.79. The zero-order valence-electron chi connectivity index (χ0n) is 11.6. The van der Waals surface area contributed by atoms with E-state index in [1.807, 2.05) is 23.3 Å². The van der Waals surface area contributed by atoms with Crippen molar-refractivity contribution in [1.29, 1.82) is 0 Å². The second-order valence-corrected chi connectivity index (χ2v) is 5.95. The summed E-state index contributed by atoms with van der Waals surface area (Å²) in [5, 5.41) is 0. The first-order valence-electron chi connectivity index (χ1n) is 6.97. The van der Waals surface area contributed by atoms with Gasteiger partial charge in [-0.1, -0.05) is 6.07 Å². The summed E-state index contributed by atoms with van der Waals surface area (Å²) in [5.74, 6) is 2.40. The van der Waals surface area contributed by atoms with Crippen LogP contribution in [0, 0.1) is 0 Å². The molecular weight excluding hydrogens is 274 g/mol. The Labute approximate surface area is 123 Å². The molecule has 1 aromatic carbocycles. The number of rotatable bonds is 3. The topological polar surface area (TPSA) is 38.8 Å². The number of carbonyl (C=O) groups is 1. The van der Waals surface area contributed by atoms with Crippen LogP contribution in [-0.2, 0) is 4.79 Å². The normalized spacial score (nSPS) is 21.1. The first-order valence-corrected chi connectivity index (χ1v) is 8.37. The summed E-state index contributed by atoms with van der Waals surface area (Å²) in [6.45, 7) is 2.06. The van der Waals surface area contributed by atoms with E-state index >= 15 is 0 Å². The molecule has 0 spiro atoms. The third-order valence-electron chi connectivity index (χ3n) is 3.79. The molecule has 0 bridgehead atoms. The molecule has 1 aromatic rings. The lowest BCUT2D eigenvalue weighted by Crippen LogP contribution is -2.32. The number of thioether (sulfide) groups is 1. The highest BCUT2D eigenvalue weighted by atomic mass is 32.2. The van der Waals surface area contributed by atoms with Crippen molar-refractivity contribution in [2.45, 2.75) is 18.9 Å². The van der Waals surface area contributed by atoms with E-state index in [0.29, 0.717) is 19.0 Å². The van der Waals surface area contributed by atoms with E-state index in [-0.39, 0.29) is 11.9 Å². The van der Waals surface area contributed by atoms with Crippen LogP contribution in [0.3, 0.4) is 0 Å². The van der Waals surface area contributed by atoms with Crippen molar-refractivity contribution in [3.8, 4) is 11.5 Å². The van der Waals surface area contributed by atoms with Gasteiger partial charge in [0.2, 0.25) is 5.91 Å². The summed E-state index contributed by atoms with van der Waals surface area (Å²) >= 11 is 1.58. The molecule has 20 heavy (non-hydrogen) atoms. The molecule has 0 N–H and O–H groups in total. The Morgan fingerprint density at radius 1 is 1.35 bits per heavy atom. The smallest absolute Gasteiger partial charge is 0.233 e. The van der Waals surface area contributed by atoms with E-state index in [2.05, 4.69) is 6.07 Å². The zero-order chi connectivity index (χ0) is 13.9. The number of fused-ring (bicyclic) bond motifs is 1. The predicted molar refractivity (Wildman–Crippen MR) is 79.5 cm³/mol. The van der Waals surface area contributed by atoms with Crippen molar-refractivity contribution in [3.63, 3.8) is 0 Å². The lowest BCUT2D eigenvalue weighted by Gasteiger charge is -2.26. The van der Waals surface area contributed by atoms with E-state index in [0.717, 1.165) is 36.4 Å². The molecule has 2 aliphatic heterocycles. The number of carbonyl (C=O) groups excluding carboxylic acids is 1. The zero-order valence-corrected chi connectivity index (χ0v) is 12.4. The van der Waals surface area contributed by atoms with E-state index < -0.39 is 0 Å². The third kappa shape index (κ3) is 2.59. The highest BCUT2D eigenvalue weighted by Gasteiger charge is 2.30. The number of likely N-dealkylation sites (tertiary alicyclic amines) is 1. The monoisotopic (exact) mass is 293 g/mol. The molecule has 0 radical (unpaired) electrons. The SMILES string of the molecule is CSCC(=O)N1CCCC1c1ccc2c(c1)OCCO2. The number of nitrogens with zero attached hydrogens (tertiary/aromatic N) is 1. The van der Waals surface area contributed by atoms with Gasteiger partial charge in [0, 0.05) is 6.54 Å². The predicted octanol–water partition coefficient (Wildman–Crippen LogP) is 2.48. The molecule has 0 aromatic heterocycles. The fourth-order valence-electron chi connectivity index (χ4n) is 2.89. The summed E-state index contributed by atoms with van der Waals surface area (Å²) in [4.78, 5) is 14.2. The highest BCUT2D eigenvalue weighted by Crippen LogP contribution is 2.38. The number of amides is 1. The van der Waals surface area contributed by atoms with Crippen LogP contribution in [0.25, 0.3) is 0 Å². The fourth-order valence-corrected chi connectivity index (χ4v) is 3.30.